The third-order valence-electron chi connectivity index (χ3n) is 2.88. The van der Waals surface area contributed by atoms with Crippen molar-refractivity contribution in [3.63, 3.8) is 0 Å². The number of benzene rings is 1. The number of amidine groups is 2. The molecule has 102 valence electrons. The minimum Gasteiger partial charge on any atom is -0.507 e. The highest BCUT2D eigenvalue weighted by Crippen LogP contribution is 2.24. The zero-order valence-electron chi connectivity index (χ0n) is 11.6. The summed E-state index contributed by atoms with van der Waals surface area (Å²) in [5, 5.41) is 13.5. The fourth-order valence-corrected chi connectivity index (χ4v) is 2.29. The molecule has 3 N–H and O–H groups in total. The van der Waals surface area contributed by atoms with Gasteiger partial charge in [-0.25, -0.2) is 15.0 Å². The van der Waals surface area contributed by atoms with E-state index in [0.717, 1.165) is 5.84 Å². The highest BCUT2D eigenvalue weighted by Gasteiger charge is 2.34. The normalized spacial score (nSPS) is 23.4. The lowest BCUT2D eigenvalue weighted by Crippen LogP contribution is -2.61. The number of hydrogen-bond donors (Lipinski definition) is 2. The number of phenols is 1. The van der Waals surface area contributed by atoms with Crippen molar-refractivity contribution in [2.75, 3.05) is 14.1 Å². The SMILES string of the molecule is CC1=NC(c2ccccc2O)=NC(C)(N)N1N(C)C. The second-order valence-corrected chi connectivity index (χ2v) is 4.86. The molecule has 0 radical (unpaired) electrons. The van der Waals surface area contributed by atoms with Gasteiger partial charge in [-0.3, -0.25) is 10.7 Å². The molecule has 0 aliphatic carbocycles. The van der Waals surface area contributed by atoms with Gasteiger partial charge in [0, 0.05) is 14.1 Å². The number of rotatable bonds is 2. The first-order chi connectivity index (χ1) is 8.83. The Hall–Kier alpha value is -1.92. The van der Waals surface area contributed by atoms with Crippen LogP contribution in [0.4, 0.5) is 0 Å². The molecule has 1 unspecified atom stereocenters. The number of hydrazine groups is 1. The van der Waals surface area contributed by atoms with E-state index in [2.05, 4.69) is 9.98 Å². The van der Waals surface area contributed by atoms with Gasteiger partial charge >= 0.3 is 0 Å². The van der Waals surface area contributed by atoms with Gasteiger partial charge in [-0.1, -0.05) is 12.1 Å². The van der Waals surface area contributed by atoms with Crippen molar-refractivity contribution in [1.82, 2.24) is 10.0 Å². The fraction of sp³-hybridized carbons (Fsp3) is 0.385. The Labute approximate surface area is 112 Å². The van der Waals surface area contributed by atoms with Gasteiger partial charge in [0.2, 0.25) is 0 Å². The van der Waals surface area contributed by atoms with Gasteiger partial charge in [-0.05, 0) is 26.0 Å². The third kappa shape index (κ3) is 2.45. The quantitative estimate of drug-likeness (QED) is 0.832. The molecule has 6 nitrogen and oxygen atoms in total. The maximum absolute atomic E-state index is 9.88. The molecule has 6 heteroatoms. The molecule has 0 spiro atoms. The van der Waals surface area contributed by atoms with Gasteiger partial charge in [0.05, 0.1) is 5.56 Å². The monoisotopic (exact) mass is 261 g/mol. The van der Waals surface area contributed by atoms with Crippen LogP contribution < -0.4 is 5.73 Å². The second-order valence-electron chi connectivity index (χ2n) is 4.86. The van der Waals surface area contributed by atoms with Crippen LogP contribution in [0, 0.1) is 0 Å². The Morgan fingerprint density at radius 1 is 1.32 bits per heavy atom. The van der Waals surface area contributed by atoms with Crippen molar-refractivity contribution in [1.29, 1.82) is 0 Å². The summed E-state index contributed by atoms with van der Waals surface area (Å²) in [6, 6.07) is 6.96. The maximum Gasteiger partial charge on any atom is 0.198 e. The average molecular weight is 261 g/mol. The van der Waals surface area contributed by atoms with Crippen molar-refractivity contribution < 1.29 is 5.11 Å². The van der Waals surface area contributed by atoms with Crippen LogP contribution in [0.2, 0.25) is 0 Å². The summed E-state index contributed by atoms with van der Waals surface area (Å²) in [6.45, 7) is 3.66. The number of nitrogens with two attached hydrogens (primary N) is 1. The van der Waals surface area contributed by atoms with Crippen LogP contribution in [0.3, 0.4) is 0 Å². The molecule has 2 rings (SSSR count). The summed E-state index contributed by atoms with van der Waals surface area (Å²) >= 11 is 0. The van der Waals surface area contributed by atoms with Crippen LogP contribution in [0.5, 0.6) is 5.75 Å². The van der Waals surface area contributed by atoms with E-state index < -0.39 is 5.79 Å². The van der Waals surface area contributed by atoms with Crippen molar-refractivity contribution in [3.8, 4) is 5.75 Å². The molecule has 0 fully saturated rings. The Bertz CT molecular complexity index is 548. The van der Waals surface area contributed by atoms with Crippen LogP contribution in [-0.4, -0.2) is 46.7 Å². The van der Waals surface area contributed by atoms with Gasteiger partial charge in [-0.15, -0.1) is 0 Å². The first-order valence-electron chi connectivity index (χ1n) is 6.03. The summed E-state index contributed by atoms with van der Waals surface area (Å²) in [7, 11) is 3.76. The molecule has 0 saturated carbocycles. The Morgan fingerprint density at radius 2 is 1.95 bits per heavy atom. The number of aliphatic imine (C=N–C) groups is 2. The maximum atomic E-state index is 9.88. The second kappa shape index (κ2) is 4.64. The van der Waals surface area contributed by atoms with Crippen molar-refractivity contribution in [2.45, 2.75) is 19.6 Å². The number of aromatic hydroxyl groups is 1. The van der Waals surface area contributed by atoms with Gasteiger partial charge in [-0.2, -0.15) is 0 Å². The summed E-state index contributed by atoms with van der Waals surface area (Å²) in [5.74, 6) is 0.376. The molecule has 1 aromatic rings. The molecule has 0 bridgehead atoms. The molecule has 1 atom stereocenters. The van der Waals surface area contributed by atoms with Crippen LogP contribution in [-0.2, 0) is 0 Å². The molecule has 1 aliphatic rings. The molecule has 0 aromatic heterocycles. The minimum absolute atomic E-state index is 0.145. The number of phenolic OH excluding ortho intramolecular Hbond substituents is 1. The largest absolute Gasteiger partial charge is 0.507 e. The van der Waals surface area contributed by atoms with Crippen molar-refractivity contribution in [3.05, 3.63) is 29.8 Å². The summed E-state index contributed by atoms with van der Waals surface area (Å²) in [4.78, 5) is 8.85. The predicted molar refractivity (Wildman–Crippen MR) is 75.9 cm³/mol. The molecular formula is C13H19N5O. The molecule has 0 saturated heterocycles. The zero-order valence-corrected chi connectivity index (χ0v) is 11.6. The van der Waals surface area contributed by atoms with Crippen molar-refractivity contribution in [2.24, 2.45) is 15.7 Å². The van der Waals surface area contributed by atoms with E-state index in [-0.39, 0.29) is 5.75 Å². The van der Waals surface area contributed by atoms with E-state index in [1.165, 1.54) is 0 Å². The Morgan fingerprint density at radius 3 is 2.47 bits per heavy atom. The summed E-state index contributed by atoms with van der Waals surface area (Å²) < 4.78 is 0. The molecule has 19 heavy (non-hydrogen) atoms. The third-order valence-corrected chi connectivity index (χ3v) is 2.88. The topological polar surface area (TPSA) is 77.4 Å². The number of nitrogens with zero attached hydrogens (tertiary/aromatic N) is 4. The van der Waals surface area contributed by atoms with Crippen molar-refractivity contribution >= 4 is 11.7 Å². The van der Waals surface area contributed by atoms with E-state index in [1.807, 2.05) is 32.1 Å². The van der Waals surface area contributed by atoms with Gasteiger partial charge in [0.15, 0.2) is 11.6 Å². The van der Waals surface area contributed by atoms with Crippen LogP contribution in [0.25, 0.3) is 0 Å². The highest BCUT2D eigenvalue weighted by molar-refractivity contribution is 6.08. The van der Waals surface area contributed by atoms with E-state index in [9.17, 15) is 5.11 Å². The number of hydrogen-bond acceptors (Lipinski definition) is 6. The van der Waals surface area contributed by atoms with E-state index >= 15 is 0 Å². The molecular weight excluding hydrogens is 242 g/mol. The smallest absolute Gasteiger partial charge is 0.198 e. The Balaban J connectivity index is 2.49. The van der Waals surface area contributed by atoms with E-state index in [4.69, 9.17) is 5.73 Å². The fourth-order valence-electron chi connectivity index (χ4n) is 2.29. The van der Waals surface area contributed by atoms with Crippen LogP contribution in [0.1, 0.15) is 19.4 Å². The average Bonchev–Trinajstić information content (AvgIpc) is 2.26. The lowest BCUT2D eigenvalue weighted by Gasteiger charge is -2.42. The van der Waals surface area contributed by atoms with E-state index in [0.29, 0.717) is 11.4 Å². The highest BCUT2D eigenvalue weighted by atomic mass is 16.3. The lowest BCUT2D eigenvalue weighted by atomic mass is 10.1. The van der Waals surface area contributed by atoms with Crippen LogP contribution >= 0.6 is 0 Å². The molecule has 1 aliphatic heterocycles. The standard InChI is InChI=1S/C13H19N5O/c1-9-15-12(10-7-5-6-8-11(10)19)16-13(2,14)18(9)17(3)4/h5-8,19H,14H2,1-4H3. The van der Waals surface area contributed by atoms with E-state index in [1.54, 1.807) is 30.1 Å². The van der Waals surface area contributed by atoms with Gasteiger partial charge in [0.25, 0.3) is 0 Å². The lowest BCUT2D eigenvalue weighted by molar-refractivity contribution is 0.00802. The number of para-hydroxylation sites is 1. The predicted octanol–water partition coefficient (Wildman–Crippen LogP) is 0.982. The van der Waals surface area contributed by atoms with Gasteiger partial charge < -0.3 is 5.11 Å². The van der Waals surface area contributed by atoms with Crippen LogP contribution in [0.15, 0.2) is 34.3 Å². The molecule has 0 amide bonds. The zero-order chi connectivity index (χ0) is 14.2. The first-order valence-corrected chi connectivity index (χ1v) is 6.03. The summed E-state index contributed by atoms with van der Waals surface area (Å²) in [5.41, 5.74) is 6.81. The Kier molecular flexibility index (Phi) is 3.30. The first kappa shape index (κ1) is 13.5. The van der Waals surface area contributed by atoms with Gasteiger partial charge in [0.1, 0.15) is 11.6 Å². The summed E-state index contributed by atoms with van der Waals surface area (Å²) in [6.07, 6.45) is 0. The molecule has 1 heterocycles. The molecule has 1 aromatic carbocycles. The minimum atomic E-state index is -0.938.